The number of rotatable bonds is 1. The number of halogens is 2. The maximum atomic E-state index is 3.41. The normalized spacial score (nSPS) is 29.5. The zero-order chi connectivity index (χ0) is 6.81. The van der Waals surface area contributed by atoms with Crippen LogP contribution >= 0.6 is 34.0 Å². The summed E-state index contributed by atoms with van der Waals surface area (Å²) in [6, 6.07) is 0.877. The van der Waals surface area contributed by atoms with Crippen molar-refractivity contribution in [3.8, 4) is 0 Å². The lowest BCUT2D eigenvalue weighted by atomic mass is 10.2. The highest BCUT2D eigenvalue weighted by Gasteiger charge is 2.23. The molecular formula is C8H18Br2N2. The largest absolute Gasteiger partial charge is 0.315 e. The average molecular weight is 302 g/mol. The van der Waals surface area contributed by atoms with Gasteiger partial charge in [0.15, 0.2) is 0 Å². The summed E-state index contributed by atoms with van der Waals surface area (Å²) >= 11 is 0. The molecule has 2 fully saturated rings. The van der Waals surface area contributed by atoms with E-state index in [-0.39, 0.29) is 34.0 Å². The number of likely N-dealkylation sites (tertiary alicyclic amines) is 1. The van der Waals surface area contributed by atoms with Crippen molar-refractivity contribution in [3.05, 3.63) is 0 Å². The predicted molar refractivity (Wildman–Crippen MR) is 62.7 cm³/mol. The monoisotopic (exact) mass is 300 g/mol. The minimum atomic E-state index is 0. The Hall–Kier alpha value is 0.880. The Kier molecular flexibility index (Phi) is 6.82. The van der Waals surface area contributed by atoms with Crippen LogP contribution in [-0.2, 0) is 0 Å². The third-order valence-corrected chi connectivity index (χ3v) is 2.69. The molecule has 0 saturated carbocycles. The van der Waals surface area contributed by atoms with Crippen LogP contribution < -0.4 is 5.32 Å². The summed E-state index contributed by atoms with van der Waals surface area (Å²) < 4.78 is 0. The van der Waals surface area contributed by atoms with Crippen LogP contribution in [0.5, 0.6) is 0 Å². The van der Waals surface area contributed by atoms with Gasteiger partial charge in [-0.15, -0.1) is 34.0 Å². The first-order valence-electron chi connectivity index (χ1n) is 4.41. The van der Waals surface area contributed by atoms with Crippen LogP contribution in [0.3, 0.4) is 0 Å². The Labute approximate surface area is 95.6 Å². The zero-order valence-corrected chi connectivity index (χ0v) is 10.7. The van der Waals surface area contributed by atoms with Crippen LogP contribution in [0, 0.1) is 0 Å². The maximum Gasteiger partial charge on any atom is 0.0232 e. The molecule has 0 amide bonds. The van der Waals surface area contributed by atoms with Gasteiger partial charge in [0.1, 0.15) is 0 Å². The Morgan fingerprint density at radius 3 is 2.25 bits per heavy atom. The van der Waals surface area contributed by atoms with Gasteiger partial charge in [-0.25, -0.2) is 0 Å². The fourth-order valence-electron chi connectivity index (χ4n) is 2.06. The summed E-state index contributed by atoms with van der Waals surface area (Å²) in [5.74, 6) is 0. The second-order valence-corrected chi connectivity index (χ2v) is 3.39. The van der Waals surface area contributed by atoms with Gasteiger partial charge in [0, 0.05) is 12.6 Å². The number of nitrogens with one attached hydrogen (secondary N) is 1. The molecule has 1 atom stereocenters. The molecule has 0 unspecified atom stereocenters. The van der Waals surface area contributed by atoms with Gasteiger partial charge in [0.25, 0.3) is 0 Å². The predicted octanol–water partition coefficient (Wildman–Crippen LogP) is 1.60. The third kappa shape index (κ3) is 2.98. The molecule has 0 bridgehead atoms. The van der Waals surface area contributed by atoms with Crippen molar-refractivity contribution < 1.29 is 0 Å². The molecule has 0 aromatic carbocycles. The van der Waals surface area contributed by atoms with Crippen molar-refractivity contribution in [1.82, 2.24) is 10.2 Å². The van der Waals surface area contributed by atoms with Gasteiger partial charge in [-0.3, -0.25) is 4.90 Å². The van der Waals surface area contributed by atoms with Crippen molar-refractivity contribution in [1.29, 1.82) is 0 Å². The maximum absolute atomic E-state index is 3.41. The number of hydrogen-bond donors (Lipinski definition) is 1. The summed E-state index contributed by atoms with van der Waals surface area (Å²) in [6.07, 6.45) is 4.23. The van der Waals surface area contributed by atoms with E-state index in [1.54, 1.807) is 0 Å². The Balaban J connectivity index is 0.000000605. The molecule has 74 valence electrons. The third-order valence-electron chi connectivity index (χ3n) is 2.69. The molecule has 2 saturated heterocycles. The quantitative estimate of drug-likeness (QED) is 0.791. The lowest BCUT2D eigenvalue weighted by molar-refractivity contribution is 0.258. The van der Waals surface area contributed by atoms with E-state index in [1.807, 2.05) is 0 Å². The molecule has 2 rings (SSSR count). The SMILES string of the molecule is Br.Br.C1CCN([C@H]2CCNC2)C1. The molecule has 2 aliphatic heterocycles. The van der Waals surface area contributed by atoms with E-state index in [4.69, 9.17) is 0 Å². The zero-order valence-electron chi connectivity index (χ0n) is 7.29. The first-order valence-corrected chi connectivity index (χ1v) is 4.41. The van der Waals surface area contributed by atoms with Gasteiger partial charge < -0.3 is 5.32 Å². The Bertz CT molecular complexity index is 95.6. The molecule has 2 nitrogen and oxygen atoms in total. The van der Waals surface area contributed by atoms with Gasteiger partial charge in [-0.1, -0.05) is 0 Å². The Morgan fingerprint density at radius 1 is 1.08 bits per heavy atom. The van der Waals surface area contributed by atoms with Crippen molar-refractivity contribution in [3.63, 3.8) is 0 Å². The summed E-state index contributed by atoms with van der Waals surface area (Å²) in [5.41, 5.74) is 0. The lowest BCUT2D eigenvalue weighted by Gasteiger charge is -2.21. The molecule has 0 aromatic heterocycles. The molecule has 4 heteroatoms. The fraction of sp³-hybridized carbons (Fsp3) is 1.00. The standard InChI is InChI=1S/C8H16N2.2BrH/c1-2-6-10(5-1)8-3-4-9-7-8;;/h8-9H,1-7H2;2*1H/t8-;;/m0../s1. The van der Waals surface area contributed by atoms with E-state index in [9.17, 15) is 0 Å². The molecular weight excluding hydrogens is 284 g/mol. The van der Waals surface area contributed by atoms with Gasteiger partial charge in [0.2, 0.25) is 0 Å². The summed E-state index contributed by atoms with van der Waals surface area (Å²) in [4.78, 5) is 2.64. The van der Waals surface area contributed by atoms with E-state index >= 15 is 0 Å². The lowest BCUT2D eigenvalue weighted by Crippen LogP contribution is -2.34. The Morgan fingerprint density at radius 2 is 1.75 bits per heavy atom. The van der Waals surface area contributed by atoms with Crippen LogP contribution in [0.15, 0.2) is 0 Å². The summed E-state index contributed by atoms with van der Waals surface area (Å²) in [5, 5.41) is 3.41. The molecule has 2 heterocycles. The van der Waals surface area contributed by atoms with E-state index in [0.717, 1.165) is 6.04 Å². The summed E-state index contributed by atoms with van der Waals surface area (Å²) in [6.45, 7) is 5.18. The minimum absolute atomic E-state index is 0. The van der Waals surface area contributed by atoms with E-state index in [0.29, 0.717) is 0 Å². The molecule has 0 aromatic rings. The smallest absolute Gasteiger partial charge is 0.0232 e. The number of hydrogen-bond acceptors (Lipinski definition) is 2. The van der Waals surface area contributed by atoms with Crippen LogP contribution in [0.25, 0.3) is 0 Å². The highest BCUT2D eigenvalue weighted by atomic mass is 79.9. The van der Waals surface area contributed by atoms with Crippen LogP contribution in [0.4, 0.5) is 0 Å². The van der Waals surface area contributed by atoms with Crippen molar-refractivity contribution in [2.24, 2.45) is 0 Å². The van der Waals surface area contributed by atoms with Crippen molar-refractivity contribution in [2.45, 2.75) is 25.3 Å². The van der Waals surface area contributed by atoms with Gasteiger partial charge in [-0.2, -0.15) is 0 Å². The second kappa shape index (κ2) is 6.35. The number of nitrogens with zero attached hydrogens (tertiary/aromatic N) is 1. The van der Waals surface area contributed by atoms with E-state index < -0.39 is 0 Å². The van der Waals surface area contributed by atoms with Crippen LogP contribution in [0.1, 0.15) is 19.3 Å². The molecule has 12 heavy (non-hydrogen) atoms. The first kappa shape index (κ1) is 12.9. The molecule has 0 aliphatic carbocycles. The average Bonchev–Trinajstić information content (AvgIpc) is 2.59. The van der Waals surface area contributed by atoms with E-state index in [1.165, 1.54) is 45.4 Å². The molecule has 0 spiro atoms. The minimum Gasteiger partial charge on any atom is -0.315 e. The van der Waals surface area contributed by atoms with Gasteiger partial charge in [0.05, 0.1) is 0 Å². The fourth-order valence-corrected chi connectivity index (χ4v) is 2.06. The van der Waals surface area contributed by atoms with Crippen LogP contribution in [0.2, 0.25) is 0 Å². The highest BCUT2D eigenvalue weighted by molar-refractivity contribution is 8.93. The van der Waals surface area contributed by atoms with Gasteiger partial charge in [-0.05, 0) is 38.9 Å². The topological polar surface area (TPSA) is 15.3 Å². The van der Waals surface area contributed by atoms with Crippen molar-refractivity contribution >= 4 is 34.0 Å². The first-order chi connectivity index (χ1) is 4.97. The van der Waals surface area contributed by atoms with Crippen molar-refractivity contribution in [2.75, 3.05) is 26.2 Å². The summed E-state index contributed by atoms with van der Waals surface area (Å²) in [7, 11) is 0. The second-order valence-electron chi connectivity index (χ2n) is 3.39. The molecule has 1 N–H and O–H groups in total. The molecule has 2 aliphatic rings. The van der Waals surface area contributed by atoms with Gasteiger partial charge >= 0.3 is 0 Å². The van der Waals surface area contributed by atoms with E-state index in [2.05, 4.69) is 10.2 Å². The molecule has 0 radical (unpaired) electrons. The highest BCUT2D eigenvalue weighted by Crippen LogP contribution is 2.15. The van der Waals surface area contributed by atoms with Crippen LogP contribution in [-0.4, -0.2) is 37.1 Å².